The number of thioether (sulfide) groups is 1. The average Bonchev–Trinajstić information content (AvgIpc) is 2.71. The fraction of sp³-hybridized carbons (Fsp3) is 0.333. The summed E-state index contributed by atoms with van der Waals surface area (Å²) in [6, 6.07) is 13.5. The quantitative estimate of drug-likeness (QED) is 0.360. The number of carbonyl (C=O) groups excluding carboxylic acids is 4. The Morgan fingerprint density at radius 2 is 1.71 bits per heavy atom. The molecule has 0 radical (unpaired) electrons. The highest BCUT2D eigenvalue weighted by atomic mass is 32.2. The van der Waals surface area contributed by atoms with Crippen LogP contribution < -0.4 is 5.32 Å². The van der Waals surface area contributed by atoms with Crippen LogP contribution in [-0.4, -0.2) is 35.3 Å². The summed E-state index contributed by atoms with van der Waals surface area (Å²) in [6.07, 6.45) is 0. The van der Waals surface area contributed by atoms with E-state index in [0.717, 1.165) is 0 Å². The lowest BCUT2D eigenvalue weighted by Crippen LogP contribution is -2.26. The van der Waals surface area contributed by atoms with Crippen molar-refractivity contribution in [2.24, 2.45) is 5.41 Å². The molecule has 164 valence electrons. The maximum absolute atomic E-state index is 12.6. The minimum absolute atomic E-state index is 0.0871. The van der Waals surface area contributed by atoms with Crippen LogP contribution in [0.25, 0.3) is 0 Å². The van der Waals surface area contributed by atoms with E-state index in [9.17, 15) is 19.2 Å². The van der Waals surface area contributed by atoms with Gasteiger partial charge in [-0.15, -0.1) is 11.8 Å². The summed E-state index contributed by atoms with van der Waals surface area (Å²) < 4.78 is 5.20. The first kappa shape index (κ1) is 24.3. The summed E-state index contributed by atoms with van der Waals surface area (Å²) in [5, 5.41) is 2.27. The third-order valence-electron chi connectivity index (χ3n) is 4.49. The number of anilines is 1. The molecule has 0 aliphatic rings. The molecule has 2 aromatic carbocycles. The molecule has 31 heavy (non-hydrogen) atoms. The molecular formula is C24H27NO5S. The van der Waals surface area contributed by atoms with Crippen LogP contribution in [0.15, 0.2) is 53.4 Å². The highest BCUT2D eigenvalue weighted by molar-refractivity contribution is 8.00. The van der Waals surface area contributed by atoms with Gasteiger partial charge in [-0.05, 0) is 38.1 Å². The Bertz CT molecular complexity index is 993. The van der Waals surface area contributed by atoms with Crippen LogP contribution in [0, 0.1) is 5.41 Å². The van der Waals surface area contributed by atoms with E-state index in [2.05, 4.69) is 5.32 Å². The normalized spacial score (nSPS) is 12.0. The van der Waals surface area contributed by atoms with E-state index in [1.165, 1.54) is 18.7 Å². The minimum Gasteiger partial charge on any atom is -0.454 e. The van der Waals surface area contributed by atoms with Crippen molar-refractivity contribution in [2.45, 2.75) is 44.8 Å². The average molecular weight is 442 g/mol. The van der Waals surface area contributed by atoms with Crippen LogP contribution in [0.1, 0.15) is 55.3 Å². The minimum atomic E-state index is -0.609. The zero-order chi connectivity index (χ0) is 23.2. The summed E-state index contributed by atoms with van der Waals surface area (Å²) in [4.78, 5) is 49.3. The van der Waals surface area contributed by atoms with Gasteiger partial charge in [-0.1, -0.05) is 45.0 Å². The number of amides is 1. The lowest BCUT2D eigenvalue weighted by atomic mass is 9.91. The topological polar surface area (TPSA) is 89.5 Å². The van der Waals surface area contributed by atoms with Crippen molar-refractivity contribution in [1.82, 2.24) is 0 Å². The molecule has 0 heterocycles. The van der Waals surface area contributed by atoms with Gasteiger partial charge in [0.25, 0.3) is 0 Å². The van der Waals surface area contributed by atoms with Crippen LogP contribution in [0.2, 0.25) is 0 Å². The molecule has 6 nitrogen and oxygen atoms in total. The molecule has 1 amide bonds. The summed E-state index contributed by atoms with van der Waals surface area (Å²) in [7, 11) is 0. The summed E-state index contributed by atoms with van der Waals surface area (Å²) in [5.74, 6) is -1.14. The van der Waals surface area contributed by atoms with Crippen molar-refractivity contribution < 1.29 is 23.9 Å². The Morgan fingerprint density at radius 3 is 2.35 bits per heavy atom. The molecule has 0 bridgehead atoms. The van der Waals surface area contributed by atoms with Gasteiger partial charge in [0.1, 0.15) is 0 Å². The fourth-order valence-corrected chi connectivity index (χ4v) is 3.45. The Balaban J connectivity index is 2.06. The highest BCUT2D eigenvalue weighted by Crippen LogP contribution is 2.28. The first-order chi connectivity index (χ1) is 14.5. The van der Waals surface area contributed by atoms with Gasteiger partial charge in [0, 0.05) is 21.6 Å². The molecule has 0 aromatic heterocycles. The number of nitrogens with one attached hydrogen (secondary N) is 1. The van der Waals surface area contributed by atoms with E-state index < -0.39 is 16.6 Å². The van der Waals surface area contributed by atoms with Crippen molar-refractivity contribution >= 4 is 40.9 Å². The van der Waals surface area contributed by atoms with Gasteiger partial charge in [0.15, 0.2) is 18.2 Å². The van der Waals surface area contributed by atoms with Crippen molar-refractivity contribution in [3.05, 3.63) is 59.7 Å². The molecule has 0 aliphatic heterocycles. The van der Waals surface area contributed by atoms with Gasteiger partial charge in [0.05, 0.1) is 10.8 Å². The lowest BCUT2D eigenvalue weighted by molar-refractivity contribution is -0.129. The van der Waals surface area contributed by atoms with Gasteiger partial charge in [-0.2, -0.15) is 0 Å². The summed E-state index contributed by atoms with van der Waals surface area (Å²) in [6.45, 7) is 8.17. The van der Waals surface area contributed by atoms with Crippen LogP contribution in [0.5, 0.6) is 0 Å². The first-order valence-corrected chi connectivity index (χ1v) is 10.7. The Labute approximate surface area is 186 Å². The SMILES string of the molecule is CC(=O)c1cccc(NC(=O)[C@H](C)Sc2ccccc2C(=O)OCC(=O)C(C)(C)C)c1. The maximum Gasteiger partial charge on any atom is 0.339 e. The fourth-order valence-electron chi connectivity index (χ4n) is 2.47. The molecule has 0 unspecified atom stereocenters. The van der Waals surface area contributed by atoms with Crippen molar-refractivity contribution in [3.63, 3.8) is 0 Å². The summed E-state index contributed by atoms with van der Waals surface area (Å²) in [5.41, 5.74) is 0.739. The second-order valence-corrected chi connectivity index (χ2v) is 9.51. The molecule has 2 rings (SSSR count). The number of carbonyl (C=O) groups is 4. The third kappa shape index (κ3) is 7.07. The van der Waals surface area contributed by atoms with Crippen molar-refractivity contribution in [3.8, 4) is 0 Å². The standard InChI is InChI=1S/C24H27NO5S/c1-15(26)17-9-8-10-18(13-17)25-22(28)16(2)31-20-12-7-6-11-19(20)23(29)30-14-21(27)24(3,4)5/h6-13,16H,14H2,1-5H3,(H,25,28)/t16-/m0/s1. The predicted molar refractivity (Wildman–Crippen MR) is 122 cm³/mol. The Morgan fingerprint density at radius 1 is 1.03 bits per heavy atom. The number of benzene rings is 2. The van der Waals surface area contributed by atoms with Crippen LogP contribution in [0.3, 0.4) is 0 Å². The zero-order valence-corrected chi connectivity index (χ0v) is 19.2. The number of Topliss-reactive ketones (excluding diaryl/α,β-unsaturated/α-hetero) is 2. The van der Waals surface area contributed by atoms with Gasteiger partial charge < -0.3 is 10.1 Å². The monoisotopic (exact) mass is 441 g/mol. The largest absolute Gasteiger partial charge is 0.454 e. The van der Waals surface area contributed by atoms with E-state index in [1.54, 1.807) is 76.2 Å². The Hall–Kier alpha value is -2.93. The Kier molecular flexibility index (Phi) is 8.16. The van der Waals surface area contributed by atoms with E-state index >= 15 is 0 Å². The number of hydrogen-bond donors (Lipinski definition) is 1. The molecular weight excluding hydrogens is 414 g/mol. The first-order valence-electron chi connectivity index (χ1n) is 9.87. The van der Waals surface area contributed by atoms with E-state index in [1.807, 2.05) is 0 Å². The van der Waals surface area contributed by atoms with Gasteiger partial charge >= 0.3 is 5.97 Å². The molecule has 0 spiro atoms. The molecule has 1 N–H and O–H groups in total. The van der Waals surface area contributed by atoms with E-state index in [-0.39, 0.29) is 24.1 Å². The molecule has 0 fully saturated rings. The number of rotatable bonds is 8. The van der Waals surface area contributed by atoms with Crippen molar-refractivity contribution in [2.75, 3.05) is 11.9 Å². The molecule has 1 atom stereocenters. The number of esters is 1. The summed E-state index contributed by atoms with van der Waals surface area (Å²) >= 11 is 1.21. The molecule has 0 aliphatic carbocycles. The number of ketones is 2. The van der Waals surface area contributed by atoms with Gasteiger partial charge in [0.2, 0.25) is 5.91 Å². The highest BCUT2D eigenvalue weighted by Gasteiger charge is 2.24. The van der Waals surface area contributed by atoms with Crippen LogP contribution in [0.4, 0.5) is 5.69 Å². The molecule has 0 saturated heterocycles. The smallest absolute Gasteiger partial charge is 0.339 e. The van der Waals surface area contributed by atoms with E-state index in [0.29, 0.717) is 21.7 Å². The molecule has 2 aromatic rings. The van der Waals surface area contributed by atoms with Gasteiger partial charge in [-0.25, -0.2) is 4.79 Å². The van der Waals surface area contributed by atoms with Crippen molar-refractivity contribution in [1.29, 1.82) is 0 Å². The third-order valence-corrected chi connectivity index (χ3v) is 5.67. The second-order valence-electron chi connectivity index (χ2n) is 8.13. The second kappa shape index (κ2) is 10.4. The van der Waals surface area contributed by atoms with Crippen LogP contribution in [-0.2, 0) is 14.3 Å². The van der Waals surface area contributed by atoms with E-state index in [4.69, 9.17) is 4.74 Å². The lowest BCUT2D eigenvalue weighted by Gasteiger charge is -2.17. The predicted octanol–water partition coefficient (Wildman–Crippen LogP) is 4.78. The number of ether oxygens (including phenoxy) is 1. The number of hydrogen-bond acceptors (Lipinski definition) is 6. The van der Waals surface area contributed by atoms with Gasteiger partial charge in [-0.3, -0.25) is 14.4 Å². The maximum atomic E-state index is 12.6. The molecule has 7 heteroatoms. The molecule has 0 saturated carbocycles. The van der Waals surface area contributed by atoms with Crippen LogP contribution >= 0.6 is 11.8 Å². The zero-order valence-electron chi connectivity index (χ0n) is 18.4.